The van der Waals surface area contributed by atoms with E-state index in [1.54, 1.807) is 55.6 Å². The second-order valence-corrected chi connectivity index (χ2v) is 7.84. The van der Waals surface area contributed by atoms with E-state index in [1.165, 1.54) is 0 Å². The Morgan fingerprint density at radius 1 is 0.970 bits per heavy atom. The fourth-order valence-corrected chi connectivity index (χ4v) is 3.92. The Kier molecular flexibility index (Phi) is 6.38. The minimum Gasteiger partial charge on any atom is -0.495 e. The molecule has 0 bridgehead atoms. The van der Waals surface area contributed by atoms with E-state index in [0.717, 1.165) is 10.5 Å². The summed E-state index contributed by atoms with van der Waals surface area (Å²) in [4.78, 5) is 28.3. The zero-order chi connectivity index (χ0) is 23.5. The highest BCUT2D eigenvalue weighted by Crippen LogP contribution is 2.38. The molecule has 33 heavy (non-hydrogen) atoms. The van der Waals surface area contributed by atoms with Gasteiger partial charge in [-0.05, 0) is 61.4 Å². The van der Waals surface area contributed by atoms with Gasteiger partial charge in [0, 0.05) is 0 Å². The lowest BCUT2D eigenvalue weighted by molar-refractivity contribution is -0.120. The molecule has 0 fully saturated rings. The summed E-state index contributed by atoms with van der Waals surface area (Å²) < 4.78 is 11.0. The molecular formula is C26H23ClN2O4. The van der Waals surface area contributed by atoms with Crippen LogP contribution in [0.1, 0.15) is 18.1 Å². The molecule has 3 aromatic rings. The van der Waals surface area contributed by atoms with Crippen LogP contribution in [0.2, 0.25) is 5.02 Å². The number of nitrogens with one attached hydrogen (secondary N) is 1. The number of imide groups is 1. The Hall–Kier alpha value is -3.77. The van der Waals surface area contributed by atoms with Gasteiger partial charge in [0.15, 0.2) is 0 Å². The van der Waals surface area contributed by atoms with E-state index in [-0.39, 0.29) is 11.3 Å². The van der Waals surface area contributed by atoms with Gasteiger partial charge in [0.05, 0.1) is 35.7 Å². The number of benzene rings is 3. The van der Waals surface area contributed by atoms with Crippen molar-refractivity contribution < 1.29 is 19.1 Å². The summed E-state index contributed by atoms with van der Waals surface area (Å²) in [6.45, 7) is 4.36. The number of anilines is 2. The number of carbonyl (C=O) groups excluding carboxylic acids is 2. The molecule has 0 atom stereocenters. The second kappa shape index (κ2) is 9.38. The molecule has 2 amide bonds. The maximum Gasteiger partial charge on any atom is 0.282 e. The smallest absolute Gasteiger partial charge is 0.282 e. The van der Waals surface area contributed by atoms with Gasteiger partial charge in [0.1, 0.15) is 17.2 Å². The highest BCUT2D eigenvalue weighted by atomic mass is 35.5. The standard InChI is InChI=1S/C26H23ClN2O4/c1-4-33-18-12-10-17(11-13-18)23-24(28-20-15-16(2)9-14-22(20)32-3)26(31)29(25(23)30)21-8-6-5-7-19(21)27/h5-15,28H,4H2,1-3H3. The van der Waals surface area contributed by atoms with Gasteiger partial charge >= 0.3 is 0 Å². The van der Waals surface area contributed by atoms with Gasteiger partial charge in [0.2, 0.25) is 0 Å². The highest BCUT2D eigenvalue weighted by Gasteiger charge is 2.41. The average molecular weight is 463 g/mol. The van der Waals surface area contributed by atoms with Crippen LogP contribution in [0, 0.1) is 6.92 Å². The summed E-state index contributed by atoms with van der Waals surface area (Å²) in [7, 11) is 1.55. The van der Waals surface area contributed by atoms with Gasteiger partial charge in [-0.2, -0.15) is 0 Å². The Balaban J connectivity index is 1.84. The average Bonchev–Trinajstić information content (AvgIpc) is 3.04. The SMILES string of the molecule is CCOc1ccc(C2=C(Nc3cc(C)ccc3OC)C(=O)N(c3ccccc3Cl)C2=O)cc1. The minimum atomic E-state index is -0.499. The quantitative estimate of drug-likeness (QED) is 0.473. The van der Waals surface area contributed by atoms with E-state index >= 15 is 0 Å². The summed E-state index contributed by atoms with van der Waals surface area (Å²) in [5.74, 6) is 0.263. The second-order valence-electron chi connectivity index (χ2n) is 7.43. The highest BCUT2D eigenvalue weighted by molar-refractivity contribution is 6.48. The predicted octanol–water partition coefficient (Wildman–Crippen LogP) is 5.45. The number of ether oxygens (including phenoxy) is 2. The molecule has 0 saturated heterocycles. The van der Waals surface area contributed by atoms with Crippen LogP contribution < -0.4 is 19.7 Å². The zero-order valence-electron chi connectivity index (χ0n) is 18.5. The Bertz CT molecular complexity index is 1250. The maximum atomic E-state index is 13.6. The van der Waals surface area contributed by atoms with Crippen molar-refractivity contribution in [1.82, 2.24) is 0 Å². The van der Waals surface area contributed by atoms with Crippen LogP contribution in [0.25, 0.3) is 5.57 Å². The first-order valence-corrected chi connectivity index (χ1v) is 10.8. The monoisotopic (exact) mass is 462 g/mol. The molecule has 1 N–H and O–H groups in total. The van der Waals surface area contributed by atoms with Crippen molar-refractivity contribution in [2.75, 3.05) is 23.9 Å². The third kappa shape index (κ3) is 4.30. The van der Waals surface area contributed by atoms with E-state index in [9.17, 15) is 9.59 Å². The molecule has 1 heterocycles. The molecule has 0 aromatic heterocycles. The number of methoxy groups -OCH3 is 1. The number of hydrogen-bond acceptors (Lipinski definition) is 5. The van der Waals surface area contributed by atoms with Gasteiger partial charge in [-0.25, -0.2) is 4.90 Å². The molecule has 0 aliphatic carbocycles. The first-order chi connectivity index (χ1) is 15.9. The van der Waals surface area contributed by atoms with Gasteiger partial charge < -0.3 is 14.8 Å². The number of halogens is 1. The van der Waals surface area contributed by atoms with Crippen molar-refractivity contribution >= 4 is 40.4 Å². The molecule has 0 saturated carbocycles. The van der Waals surface area contributed by atoms with E-state index in [1.807, 2.05) is 32.0 Å². The minimum absolute atomic E-state index is 0.146. The van der Waals surface area contributed by atoms with E-state index in [0.29, 0.717) is 40.1 Å². The summed E-state index contributed by atoms with van der Waals surface area (Å²) in [5, 5.41) is 3.46. The van der Waals surface area contributed by atoms with Gasteiger partial charge in [0.25, 0.3) is 11.8 Å². The van der Waals surface area contributed by atoms with Crippen LogP contribution in [0.4, 0.5) is 11.4 Å². The number of para-hydroxylation sites is 1. The normalized spacial score (nSPS) is 13.5. The lowest BCUT2D eigenvalue weighted by Gasteiger charge is -2.17. The molecular weight excluding hydrogens is 440 g/mol. The molecule has 0 unspecified atom stereocenters. The Morgan fingerprint density at radius 2 is 1.70 bits per heavy atom. The fraction of sp³-hybridized carbons (Fsp3) is 0.154. The van der Waals surface area contributed by atoms with Crippen LogP contribution in [0.15, 0.2) is 72.4 Å². The molecule has 0 radical (unpaired) electrons. The van der Waals surface area contributed by atoms with Gasteiger partial charge in [-0.15, -0.1) is 0 Å². The molecule has 4 rings (SSSR count). The van der Waals surface area contributed by atoms with Crippen LogP contribution in [0.3, 0.4) is 0 Å². The molecule has 1 aliphatic heterocycles. The third-order valence-corrected chi connectivity index (χ3v) is 5.57. The summed E-state index contributed by atoms with van der Waals surface area (Å²) >= 11 is 6.34. The van der Waals surface area contributed by atoms with Crippen molar-refractivity contribution in [3.8, 4) is 11.5 Å². The molecule has 7 heteroatoms. The molecule has 0 spiro atoms. The summed E-state index contributed by atoms with van der Waals surface area (Å²) in [5.41, 5.74) is 2.85. The van der Waals surface area contributed by atoms with Crippen molar-refractivity contribution in [3.63, 3.8) is 0 Å². The topological polar surface area (TPSA) is 67.9 Å². The number of aryl methyl sites for hydroxylation is 1. The lowest BCUT2D eigenvalue weighted by Crippen LogP contribution is -2.32. The van der Waals surface area contributed by atoms with Gasteiger partial charge in [-0.1, -0.05) is 41.9 Å². The summed E-state index contributed by atoms with van der Waals surface area (Å²) in [6, 6.07) is 19.4. The van der Waals surface area contributed by atoms with E-state index in [2.05, 4.69) is 5.32 Å². The largest absolute Gasteiger partial charge is 0.495 e. The molecule has 1 aliphatic rings. The van der Waals surface area contributed by atoms with Gasteiger partial charge in [-0.3, -0.25) is 9.59 Å². The molecule has 168 valence electrons. The number of hydrogen-bond donors (Lipinski definition) is 1. The number of carbonyl (C=O) groups is 2. The number of nitrogens with zero attached hydrogens (tertiary/aromatic N) is 1. The first-order valence-electron chi connectivity index (χ1n) is 10.5. The molecule has 6 nitrogen and oxygen atoms in total. The third-order valence-electron chi connectivity index (χ3n) is 5.25. The van der Waals surface area contributed by atoms with E-state index < -0.39 is 11.8 Å². The van der Waals surface area contributed by atoms with E-state index in [4.69, 9.17) is 21.1 Å². The van der Waals surface area contributed by atoms with Crippen LogP contribution in [-0.2, 0) is 9.59 Å². The van der Waals surface area contributed by atoms with Crippen LogP contribution in [0.5, 0.6) is 11.5 Å². The van der Waals surface area contributed by atoms with Crippen molar-refractivity contribution in [2.24, 2.45) is 0 Å². The number of amides is 2. The number of rotatable bonds is 7. The lowest BCUT2D eigenvalue weighted by atomic mass is 10.0. The molecule has 3 aromatic carbocycles. The zero-order valence-corrected chi connectivity index (χ0v) is 19.3. The Morgan fingerprint density at radius 3 is 2.36 bits per heavy atom. The first kappa shape index (κ1) is 22.4. The fourth-order valence-electron chi connectivity index (χ4n) is 3.70. The maximum absolute atomic E-state index is 13.6. The van der Waals surface area contributed by atoms with Crippen molar-refractivity contribution in [3.05, 3.63) is 88.6 Å². The summed E-state index contributed by atoms with van der Waals surface area (Å²) in [6.07, 6.45) is 0. The Labute approximate surface area is 197 Å². The van der Waals surface area contributed by atoms with Crippen molar-refractivity contribution in [1.29, 1.82) is 0 Å². The van der Waals surface area contributed by atoms with Crippen LogP contribution in [-0.4, -0.2) is 25.5 Å². The van der Waals surface area contributed by atoms with Crippen molar-refractivity contribution in [2.45, 2.75) is 13.8 Å². The predicted molar refractivity (Wildman–Crippen MR) is 130 cm³/mol. The van der Waals surface area contributed by atoms with Crippen LogP contribution >= 0.6 is 11.6 Å².